The third-order valence-electron chi connectivity index (χ3n) is 3.72. The third-order valence-corrected chi connectivity index (χ3v) is 4.66. The van der Waals surface area contributed by atoms with Gasteiger partial charge in [-0.25, -0.2) is 0 Å². The van der Waals surface area contributed by atoms with E-state index in [1.807, 2.05) is 0 Å². The van der Waals surface area contributed by atoms with Crippen molar-refractivity contribution in [2.24, 2.45) is 5.41 Å². The third kappa shape index (κ3) is 2.67. The van der Waals surface area contributed by atoms with E-state index in [0.29, 0.717) is 34.5 Å². The molecule has 3 rings (SSSR count). The molecule has 22 heavy (non-hydrogen) atoms. The van der Waals surface area contributed by atoms with Crippen LogP contribution >= 0.6 is 23.1 Å². The fraction of sp³-hybridized carbons (Fsp3) is 0.357. The fourth-order valence-corrected chi connectivity index (χ4v) is 3.28. The molecule has 1 aliphatic carbocycles. The van der Waals surface area contributed by atoms with Crippen LogP contribution in [0.25, 0.3) is 11.5 Å². The number of nitrogens with one attached hydrogen (secondary N) is 1. The van der Waals surface area contributed by atoms with Gasteiger partial charge in [0.15, 0.2) is 5.82 Å². The first-order chi connectivity index (χ1) is 10.6. The molecule has 1 saturated carbocycles. The van der Waals surface area contributed by atoms with E-state index in [9.17, 15) is 10.1 Å². The van der Waals surface area contributed by atoms with Crippen molar-refractivity contribution < 1.29 is 4.79 Å². The van der Waals surface area contributed by atoms with Gasteiger partial charge in [0.1, 0.15) is 11.1 Å². The first kappa shape index (κ1) is 14.9. The molecule has 2 heterocycles. The molecule has 6 nitrogen and oxygen atoms in total. The summed E-state index contributed by atoms with van der Waals surface area (Å²) < 4.78 is 4.16. The molecule has 0 spiro atoms. The molecule has 8 heteroatoms. The maximum atomic E-state index is 12.3. The lowest BCUT2D eigenvalue weighted by molar-refractivity contribution is -0.122. The molecule has 2 aromatic rings. The van der Waals surface area contributed by atoms with Gasteiger partial charge in [0.25, 0.3) is 0 Å². The van der Waals surface area contributed by atoms with Crippen molar-refractivity contribution in [3.8, 4) is 17.6 Å². The summed E-state index contributed by atoms with van der Waals surface area (Å²) in [6, 6.07) is 5.58. The number of carbonyl (C=O) groups excluding carboxylic acids is 1. The second-order valence-corrected chi connectivity index (χ2v) is 6.27. The van der Waals surface area contributed by atoms with E-state index >= 15 is 0 Å². The summed E-state index contributed by atoms with van der Waals surface area (Å²) in [5.41, 5.74) is -0.467. The zero-order valence-electron chi connectivity index (χ0n) is 11.5. The zero-order chi connectivity index (χ0) is 15.6. The van der Waals surface area contributed by atoms with Gasteiger partial charge >= 0.3 is 0 Å². The maximum absolute atomic E-state index is 12.3. The van der Waals surface area contributed by atoms with Crippen molar-refractivity contribution in [2.75, 3.05) is 5.32 Å². The molecule has 0 radical (unpaired) electrons. The minimum absolute atomic E-state index is 0.303. The molecule has 2 aromatic heterocycles. The fourth-order valence-electron chi connectivity index (χ4n) is 2.51. The minimum atomic E-state index is -0.936. The topological polar surface area (TPSA) is 91.6 Å². The molecular formula is C14H12ClN5OS. The Bertz CT molecular complexity index is 748. The number of carbonyl (C=O) groups is 1. The Hall–Kier alpha value is -2.04. The summed E-state index contributed by atoms with van der Waals surface area (Å²) in [5, 5.41) is 12.8. The van der Waals surface area contributed by atoms with Gasteiger partial charge in [0, 0.05) is 17.7 Å². The van der Waals surface area contributed by atoms with Gasteiger partial charge in [-0.1, -0.05) is 24.4 Å². The van der Waals surface area contributed by atoms with E-state index in [1.54, 1.807) is 18.3 Å². The summed E-state index contributed by atoms with van der Waals surface area (Å²) >= 11 is 7.10. The first-order valence-corrected chi connectivity index (χ1v) is 7.97. The van der Waals surface area contributed by atoms with Crippen molar-refractivity contribution in [1.29, 1.82) is 5.26 Å². The summed E-state index contributed by atoms with van der Waals surface area (Å²) in [6.45, 7) is 0. The second kappa shape index (κ2) is 5.99. The van der Waals surface area contributed by atoms with Crippen molar-refractivity contribution >= 4 is 34.2 Å². The van der Waals surface area contributed by atoms with Crippen LogP contribution in [0.2, 0.25) is 5.02 Å². The number of aromatic nitrogens is 3. The zero-order valence-corrected chi connectivity index (χ0v) is 13.1. The Balaban J connectivity index is 1.79. The standard InChI is InChI=1S/C14H12ClN5OS/c15-9-4-3-7-17-10(9)11-18-13(22-20-11)19-12(21)14(8-16)5-1-2-6-14/h3-4,7H,1-2,5-6H2,(H,18,19,20,21). The lowest BCUT2D eigenvalue weighted by Gasteiger charge is -2.17. The maximum Gasteiger partial charge on any atom is 0.246 e. The Morgan fingerprint density at radius 2 is 2.23 bits per heavy atom. The van der Waals surface area contributed by atoms with Gasteiger partial charge in [-0.15, -0.1) is 0 Å². The van der Waals surface area contributed by atoms with Crippen LogP contribution in [-0.2, 0) is 4.79 Å². The molecule has 0 atom stereocenters. The number of amides is 1. The highest BCUT2D eigenvalue weighted by Crippen LogP contribution is 2.38. The van der Waals surface area contributed by atoms with Crippen LogP contribution in [0.1, 0.15) is 25.7 Å². The summed E-state index contributed by atoms with van der Waals surface area (Å²) in [4.78, 5) is 20.7. The highest BCUT2D eigenvalue weighted by atomic mass is 35.5. The van der Waals surface area contributed by atoms with Crippen LogP contribution < -0.4 is 5.32 Å². The van der Waals surface area contributed by atoms with E-state index in [-0.39, 0.29) is 5.91 Å². The largest absolute Gasteiger partial charge is 0.299 e. The van der Waals surface area contributed by atoms with Gasteiger partial charge in [-0.05, 0) is 25.0 Å². The molecule has 1 aliphatic rings. The summed E-state index contributed by atoms with van der Waals surface area (Å²) in [6.07, 6.45) is 4.57. The van der Waals surface area contributed by atoms with Crippen LogP contribution in [0.4, 0.5) is 5.13 Å². The van der Waals surface area contributed by atoms with Crippen molar-refractivity contribution in [2.45, 2.75) is 25.7 Å². The van der Waals surface area contributed by atoms with Gasteiger partial charge in [-0.3, -0.25) is 15.1 Å². The summed E-state index contributed by atoms with van der Waals surface area (Å²) in [5.74, 6) is 0.0608. The number of halogens is 1. The number of nitrogens with zero attached hydrogens (tertiary/aromatic N) is 4. The van der Waals surface area contributed by atoms with Crippen LogP contribution in [-0.4, -0.2) is 20.2 Å². The first-order valence-electron chi connectivity index (χ1n) is 6.82. The molecule has 112 valence electrons. The number of pyridine rings is 1. The van der Waals surface area contributed by atoms with Gasteiger partial charge in [0.2, 0.25) is 11.0 Å². The molecule has 0 saturated heterocycles. The number of rotatable bonds is 3. The lowest BCUT2D eigenvalue weighted by Crippen LogP contribution is -2.32. The molecule has 0 aliphatic heterocycles. The van der Waals surface area contributed by atoms with Crippen LogP contribution in [0.5, 0.6) is 0 Å². The van der Waals surface area contributed by atoms with Crippen molar-refractivity contribution in [3.63, 3.8) is 0 Å². The molecular weight excluding hydrogens is 322 g/mol. The quantitative estimate of drug-likeness (QED) is 0.930. The molecule has 1 fully saturated rings. The van der Waals surface area contributed by atoms with Gasteiger partial charge < -0.3 is 0 Å². The Morgan fingerprint density at radius 3 is 2.91 bits per heavy atom. The SMILES string of the molecule is N#CC1(C(=O)Nc2nc(-c3ncccc3Cl)ns2)CCCC1. The lowest BCUT2D eigenvalue weighted by atomic mass is 9.87. The second-order valence-electron chi connectivity index (χ2n) is 5.11. The number of hydrogen-bond donors (Lipinski definition) is 1. The molecule has 0 aromatic carbocycles. The number of hydrogen-bond acceptors (Lipinski definition) is 6. The van der Waals surface area contributed by atoms with Crippen molar-refractivity contribution in [3.05, 3.63) is 23.4 Å². The van der Waals surface area contributed by atoms with Crippen LogP contribution in [0.3, 0.4) is 0 Å². The molecule has 0 unspecified atom stereocenters. The molecule has 1 amide bonds. The minimum Gasteiger partial charge on any atom is -0.299 e. The monoisotopic (exact) mass is 333 g/mol. The Morgan fingerprint density at radius 1 is 1.45 bits per heavy atom. The molecule has 1 N–H and O–H groups in total. The van der Waals surface area contributed by atoms with E-state index in [4.69, 9.17) is 11.6 Å². The Kier molecular flexibility index (Phi) is 4.05. The van der Waals surface area contributed by atoms with E-state index < -0.39 is 5.41 Å². The van der Waals surface area contributed by atoms with Gasteiger partial charge in [0.05, 0.1) is 11.1 Å². The highest BCUT2D eigenvalue weighted by Gasteiger charge is 2.41. The van der Waals surface area contributed by atoms with Crippen LogP contribution in [0, 0.1) is 16.7 Å². The smallest absolute Gasteiger partial charge is 0.246 e. The highest BCUT2D eigenvalue weighted by molar-refractivity contribution is 7.10. The Labute approximate surface area is 136 Å². The number of anilines is 1. The van der Waals surface area contributed by atoms with Gasteiger partial charge in [-0.2, -0.15) is 14.6 Å². The summed E-state index contributed by atoms with van der Waals surface area (Å²) in [7, 11) is 0. The van der Waals surface area contributed by atoms with Crippen LogP contribution in [0.15, 0.2) is 18.3 Å². The van der Waals surface area contributed by atoms with E-state index in [2.05, 4.69) is 25.7 Å². The van der Waals surface area contributed by atoms with Crippen molar-refractivity contribution in [1.82, 2.24) is 14.3 Å². The predicted molar refractivity (Wildman–Crippen MR) is 83.3 cm³/mol. The average molecular weight is 334 g/mol. The normalized spacial score (nSPS) is 16.2. The van der Waals surface area contributed by atoms with E-state index in [0.717, 1.165) is 24.4 Å². The molecule has 0 bridgehead atoms. The number of nitriles is 1. The predicted octanol–water partition coefficient (Wildman–Crippen LogP) is 3.28. The van der Waals surface area contributed by atoms with E-state index in [1.165, 1.54) is 0 Å². The average Bonchev–Trinajstić information content (AvgIpc) is 3.17.